The van der Waals surface area contributed by atoms with Crippen molar-refractivity contribution in [2.45, 2.75) is 74.5 Å². The minimum absolute atomic E-state index is 0. The van der Waals surface area contributed by atoms with E-state index in [-0.39, 0.29) is 29.8 Å². The first kappa shape index (κ1) is 20.9. The number of benzene rings is 1. The molecule has 7 heteroatoms. The van der Waals surface area contributed by atoms with Crippen LogP contribution in [0.1, 0.15) is 66.4 Å². The van der Waals surface area contributed by atoms with Crippen molar-refractivity contribution in [2.24, 2.45) is 11.7 Å². The molecule has 0 radical (unpaired) electrons. The molecule has 2 bridgehead atoms. The molecule has 29 heavy (non-hydrogen) atoms. The Morgan fingerprint density at radius 3 is 2.66 bits per heavy atom. The molecule has 1 aromatic carbocycles. The van der Waals surface area contributed by atoms with Crippen LogP contribution in [0.25, 0.3) is 0 Å². The van der Waals surface area contributed by atoms with E-state index >= 15 is 0 Å². The fraction of sp³-hybridized carbons (Fsp3) is 0.682. The summed E-state index contributed by atoms with van der Waals surface area (Å²) in [4.78, 5) is 14.3. The monoisotopic (exact) mass is 422 g/mol. The molecule has 3 aliphatic carbocycles. The average Bonchev–Trinajstić information content (AvgIpc) is 2.59. The Kier molecular flexibility index (Phi) is 5.13. The van der Waals surface area contributed by atoms with Gasteiger partial charge in [0.15, 0.2) is 0 Å². The van der Waals surface area contributed by atoms with Crippen molar-refractivity contribution >= 4 is 18.3 Å². The Morgan fingerprint density at radius 2 is 2.00 bits per heavy atom. The Bertz CT molecular complexity index is 829. The molecule has 3 fully saturated rings. The van der Waals surface area contributed by atoms with Gasteiger partial charge >= 0.3 is 0 Å². The number of hydrogen-bond acceptors (Lipinski definition) is 5. The SMILES string of the molecule is Cl.NC(=O)c1ccc2c(c1O)[C@]13CCN(CC4CCC4)[C@H](C2)[C@]1(O)CC[C@@H](O)C3. The molecule has 1 aliphatic heterocycles. The third-order valence-corrected chi connectivity index (χ3v) is 8.23. The molecule has 1 saturated heterocycles. The summed E-state index contributed by atoms with van der Waals surface area (Å²) in [5.74, 6) is -0.0399. The van der Waals surface area contributed by atoms with E-state index in [4.69, 9.17) is 5.73 Å². The van der Waals surface area contributed by atoms with Crippen LogP contribution in [0.3, 0.4) is 0 Å². The molecule has 160 valence electrons. The van der Waals surface area contributed by atoms with Gasteiger partial charge in [-0.2, -0.15) is 0 Å². The molecule has 4 aliphatic rings. The summed E-state index contributed by atoms with van der Waals surface area (Å²) < 4.78 is 0. The third-order valence-electron chi connectivity index (χ3n) is 8.23. The van der Waals surface area contributed by atoms with Gasteiger partial charge in [-0.15, -0.1) is 12.4 Å². The number of primary amides is 1. The first-order valence-electron chi connectivity index (χ1n) is 10.7. The number of amides is 1. The number of carbonyl (C=O) groups is 1. The Balaban J connectivity index is 0.00000205. The van der Waals surface area contributed by atoms with Crippen LogP contribution in [0, 0.1) is 5.92 Å². The summed E-state index contributed by atoms with van der Waals surface area (Å²) in [6, 6.07) is 3.47. The maximum absolute atomic E-state index is 12.1. The molecule has 5 rings (SSSR count). The zero-order chi connectivity index (χ0) is 19.7. The van der Waals surface area contributed by atoms with Crippen LogP contribution in [0.15, 0.2) is 12.1 Å². The van der Waals surface area contributed by atoms with Gasteiger partial charge < -0.3 is 21.1 Å². The molecule has 4 atom stereocenters. The number of nitrogens with two attached hydrogens (primary N) is 1. The topological polar surface area (TPSA) is 107 Å². The molecule has 0 unspecified atom stereocenters. The van der Waals surface area contributed by atoms with E-state index in [1.165, 1.54) is 19.3 Å². The Hall–Kier alpha value is -1.34. The van der Waals surface area contributed by atoms with Crippen LogP contribution in [0.5, 0.6) is 5.75 Å². The number of carbonyl (C=O) groups excluding carboxylic acids is 1. The van der Waals surface area contributed by atoms with Gasteiger partial charge in [0.25, 0.3) is 5.91 Å². The lowest BCUT2D eigenvalue weighted by Crippen LogP contribution is -2.73. The predicted octanol–water partition coefficient (Wildman–Crippen LogP) is 1.86. The minimum Gasteiger partial charge on any atom is -0.507 e. The van der Waals surface area contributed by atoms with Gasteiger partial charge in [-0.1, -0.05) is 12.5 Å². The highest BCUT2D eigenvalue weighted by atomic mass is 35.5. The maximum atomic E-state index is 12.1. The summed E-state index contributed by atoms with van der Waals surface area (Å²) in [6.07, 6.45) is 6.15. The van der Waals surface area contributed by atoms with E-state index in [1.54, 1.807) is 6.07 Å². The normalized spacial score (nSPS) is 36.3. The van der Waals surface area contributed by atoms with Gasteiger partial charge in [-0.25, -0.2) is 0 Å². The van der Waals surface area contributed by atoms with Crippen LogP contribution in [-0.2, 0) is 11.8 Å². The standard InChI is InChI=1S/C22H30N2O4.ClH/c23-20(27)16-5-4-14-10-17-22(28)7-6-15(25)11-21(22,18(14)19(16)26)8-9-24(17)12-13-2-1-3-13;/h4-5,13,15,17,25-26,28H,1-3,6-12H2,(H2,23,27);1H/t15-,17-,21-,22-;/m1./s1. The van der Waals surface area contributed by atoms with E-state index < -0.39 is 23.0 Å². The molecule has 5 N–H and O–H groups in total. The van der Waals surface area contributed by atoms with E-state index in [1.807, 2.05) is 6.07 Å². The second-order valence-corrected chi connectivity index (χ2v) is 9.52. The number of aliphatic hydroxyl groups is 2. The lowest BCUT2D eigenvalue weighted by atomic mass is 9.48. The van der Waals surface area contributed by atoms with Gasteiger partial charge in [0.05, 0.1) is 17.3 Å². The molecule has 0 spiro atoms. The second-order valence-electron chi connectivity index (χ2n) is 9.52. The molecule has 1 amide bonds. The highest BCUT2D eigenvalue weighted by Crippen LogP contribution is 2.60. The summed E-state index contributed by atoms with van der Waals surface area (Å²) in [5, 5.41) is 33.6. The summed E-state index contributed by atoms with van der Waals surface area (Å²) in [7, 11) is 0. The number of piperidine rings is 1. The number of aliphatic hydroxyl groups excluding tert-OH is 1. The van der Waals surface area contributed by atoms with Gasteiger partial charge in [-0.3, -0.25) is 9.69 Å². The zero-order valence-corrected chi connectivity index (χ0v) is 17.5. The highest BCUT2D eigenvalue weighted by molar-refractivity contribution is 5.96. The number of nitrogens with zero attached hydrogens (tertiary/aromatic N) is 1. The summed E-state index contributed by atoms with van der Waals surface area (Å²) >= 11 is 0. The van der Waals surface area contributed by atoms with Crippen LogP contribution in [0.4, 0.5) is 0 Å². The highest BCUT2D eigenvalue weighted by Gasteiger charge is 2.65. The van der Waals surface area contributed by atoms with Crippen LogP contribution < -0.4 is 5.73 Å². The van der Waals surface area contributed by atoms with Crippen LogP contribution in [0.2, 0.25) is 0 Å². The van der Waals surface area contributed by atoms with Crippen molar-refractivity contribution in [1.82, 2.24) is 4.90 Å². The van der Waals surface area contributed by atoms with E-state index in [9.17, 15) is 20.1 Å². The number of fused-ring (bicyclic) bond motifs is 1. The smallest absolute Gasteiger partial charge is 0.252 e. The van der Waals surface area contributed by atoms with E-state index in [0.29, 0.717) is 37.7 Å². The number of rotatable bonds is 3. The Labute approximate surface area is 177 Å². The van der Waals surface area contributed by atoms with Gasteiger partial charge in [0, 0.05) is 23.6 Å². The van der Waals surface area contributed by atoms with Crippen molar-refractivity contribution in [3.8, 4) is 5.75 Å². The third kappa shape index (κ3) is 2.83. The summed E-state index contributed by atoms with van der Waals surface area (Å²) in [6.45, 7) is 1.86. The van der Waals surface area contributed by atoms with Crippen molar-refractivity contribution in [2.75, 3.05) is 13.1 Å². The fourth-order valence-electron chi connectivity index (χ4n) is 6.61. The lowest BCUT2D eigenvalue weighted by molar-refractivity contribution is -0.185. The van der Waals surface area contributed by atoms with E-state index in [0.717, 1.165) is 24.6 Å². The molecular formula is C22H31ClN2O4. The first-order chi connectivity index (χ1) is 13.4. The molecule has 1 heterocycles. The quantitative estimate of drug-likeness (QED) is 0.594. The minimum atomic E-state index is -1.00. The van der Waals surface area contributed by atoms with Crippen molar-refractivity contribution in [3.05, 3.63) is 28.8 Å². The van der Waals surface area contributed by atoms with Gasteiger partial charge in [0.1, 0.15) is 5.75 Å². The maximum Gasteiger partial charge on any atom is 0.252 e. The van der Waals surface area contributed by atoms with E-state index in [2.05, 4.69) is 4.90 Å². The molecule has 1 aromatic rings. The molecular weight excluding hydrogens is 392 g/mol. The molecule has 2 saturated carbocycles. The number of phenols is 1. The molecule has 6 nitrogen and oxygen atoms in total. The van der Waals surface area contributed by atoms with Crippen molar-refractivity contribution < 1.29 is 20.1 Å². The Morgan fingerprint density at radius 1 is 1.24 bits per heavy atom. The average molecular weight is 423 g/mol. The number of halogens is 1. The first-order valence-corrected chi connectivity index (χ1v) is 10.7. The molecule has 0 aromatic heterocycles. The zero-order valence-electron chi connectivity index (χ0n) is 16.6. The predicted molar refractivity (Wildman–Crippen MR) is 111 cm³/mol. The fourth-order valence-corrected chi connectivity index (χ4v) is 6.61. The largest absolute Gasteiger partial charge is 0.507 e. The van der Waals surface area contributed by atoms with Gasteiger partial charge in [0.2, 0.25) is 0 Å². The lowest BCUT2D eigenvalue weighted by Gasteiger charge is -2.64. The number of likely N-dealkylation sites (tertiary alicyclic amines) is 1. The second kappa shape index (κ2) is 7.12. The van der Waals surface area contributed by atoms with Crippen molar-refractivity contribution in [3.63, 3.8) is 0 Å². The van der Waals surface area contributed by atoms with Crippen LogP contribution >= 0.6 is 12.4 Å². The van der Waals surface area contributed by atoms with Crippen molar-refractivity contribution in [1.29, 1.82) is 0 Å². The number of aromatic hydroxyl groups is 1. The number of hydrogen-bond donors (Lipinski definition) is 4. The summed E-state index contributed by atoms with van der Waals surface area (Å²) in [5.41, 5.74) is 5.49. The van der Waals surface area contributed by atoms with Crippen LogP contribution in [-0.4, -0.2) is 57.0 Å². The van der Waals surface area contributed by atoms with Gasteiger partial charge in [-0.05, 0) is 69.0 Å².